The molecule has 176 valence electrons. The molecule has 3 rings (SSSR count). The number of para-hydroxylation sites is 1. The minimum Gasteiger partial charge on any atom is -0.497 e. The van der Waals surface area contributed by atoms with E-state index >= 15 is 0 Å². The molecule has 0 saturated heterocycles. The van der Waals surface area contributed by atoms with Gasteiger partial charge in [0, 0.05) is 29.6 Å². The fourth-order valence-electron chi connectivity index (χ4n) is 3.42. The molecule has 0 fully saturated rings. The van der Waals surface area contributed by atoms with Crippen LogP contribution >= 0.6 is 0 Å². The van der Waals surface area contributed by atoms with Gasteiger partial charge in [0.2, 0.25) is 0 Å². The highest BCUT2D eigenvalue weighted by Gasteiger charge is 2.23. The highest BCUT2D eigenvalue weighted by molar-refractivity contribution is 5.92. The number of carbonyl (C=O) groups excluding carboxylic acids is 2. The fourth-order valence-corrected chi connectivity index (χ4v) is 3.42. The first-order chi connectivity index (χ1) is 15.6. The maximum Gasteiger partial charge on any atom is 0.419 e. The molecule has 1 atom stereocenters. The largest absolute Gasteiger partial charge is 0.497 e. The molecule has 1 aromatic heterocycles. The summed E-state index contributed by atoms with van der Waals surface area (Å²) < 4.78 is 22.9. The SMILES string of the molecule is COc1ccc(COC(=O)[C@H](N)Cc2cn(C(=O)OC(C)(C)C)c3ccccc23)c(OC)c1. The van der Waals surface area contributed by atoms with E-state index in [4.69, 9.17) is 24.7 Å². The van der Waals surface area contributed by atoms with Crippen molar-refractivity contribution in [2.75, 3.05) is 14.2 Å². The van der Waals surface area contributed by atoms with Crippen molar-refractivity contribution < 1.29 is 28.5 Å². The maximum absolute atomic E-state index is 12.7. The van der Waals surface area contributed by atoms with Crippen LogP contribution in [0, 0.1) is 0 Å². The molecule has 1 heterocycles. The van der Waals surface area contributed by atoms with E-state index in [0.29, 0.717) is 22.6 Å². The number of esters is 1. The Hall–Kier alpha value is -3.52. The predicted molar refractivity (Wildman–Crippen MR) is 125 cm³/mol. The van der Waals surface area contributed by atoms with E-state index in [-0.39, 0.29) is 13.0 Å². The zero-order valence-corrected chi connectivity index (χ0v) is 19.6. The van der Waals surface area contributed by atoms with Gasteiger partial charge < -0.3 is 24.7 Å². The van der Waals surface area contributed by atoms with Crippen LogP contribution in [0.25, 0.3) is 10.9 Å². The summed E-state index contributed by atoms with van der Waals surface area (Å²) in [6.45, 7) is 5.43. The quantitative estimate of drug-likeness (QED) is 0.537. The lowest BCUT2D eigenvalue weighted by molar-refractivity contribution is -0.146. The molecule has 0 spiro atoms. The molecule has 2 N–H and O–H groups in total. The standard InChI is InChI=1S/C25H30N2O6/c1-25(2,3)33-24(29)27-14-17(19-8-6-7-9-21(19)27)12-20(26)23(28)32-15-16-10-11-18(30-4)13-22(16)31-5/h6-11,13-14,20H,12,15,26H2,1-5H3/t20-/m1/s1. The van der Waals surface area contributed by atoms with Crippen LogP contribution in [0.4, 0.5) is 4.79 Å². The first-order valence-corrected chi connectivity index (χ1v) is 10.6. The summed E-state index contributed by atoms with van der Waals surface area (Å²) in [5.74, 6) is 0.637. The van der Waals surface area contributed by atoms with Crippen LogP contribution in [0.15, 0.2) is 48.7 Å². The average Bonchev–Trinajstić information content (AvgIpc) is 3.14. The van der Waals surface area contributed by atoms with Crippen molar-refractivity contribution in [3.05, 3.63) is 59.8 Å². The Bertz CT molecular complexity index is 1150. The van der Waals surface area contributed by atoms with Crippen LogP contribution in [0.5, 0.6) is 11.5 Å². The van der Waals surface area contributed by atoms with E-state index in [0.717, 1.165) is 10.9 Å². The van der Waals surface area contributed by atoms with E-state index in [9.17, 15) is 9.59 Å². The van der Waals surface area contributed by atoms with E-state index in [1.54, 1.807) is 52.3 Å². The highest BCUT2D eigenvalue weighted by atomic mass is 16.6. The molecule has 0 aliphatic rings. The summed E-state index contributed by atoms with van der Waals surface area (Å²) in [6.07, 6.45) is 1.38. The van der Waals surface area contributed by atoms with Crippen LogP contribution < -0.4 is 15.2 Å². The molecule has 0 bridgehead atoms. The van der Waals surface area contributed by atoms with E-state index in [2.05, 4.69) is 0 Å². The van der Waals surface area contributed by atoms with E-state index < -0.39 is 23.7 Å². The number of benzene rings is 2. The lowest BCUT2D eigenvalue weighted by Crippen LogP contribution is -2.34. The smallest absolute Gasteiger partial charge is 0.419 e. The summed E-state index contributed by atoms with van der Waals surface area (Å²) in [5, 5.41) is 0.823. The van der Waals surface area contributed by atoms with Crippen molar-refractivity contribution in [2.24, 2.45) is 5.73 Å². The van der Waals surface area contributed by atoms with Gasteiger partial charge in [-0.1, -0.05) is 18.2 Å². The lowest BCUT2D eigenvalue weighted by Gasteiger charge is -2.19. The van der Waals surface area contributed by atoms with Gasteiger partial charge in [-0.25, -0.2) is 4.79 Å². The molecule has 8 heteroatoms. The van der Waals surface area contributed by atoms with Crippen LogP contribution in [0.1, 0.15) is 31.9 Å². The Labute approximate surface area is 193 Å². The van der Waals surface area contributed by atoms with Gasteiger partial charge in [0.1, 0.15) is 29.7 Å². The Kier molecular flexibility index (Phi) is 7.28. The molecular weight excluding hydrogens is 424 g/mol. The summed E-state index contributed by atoms with van der Waals surface area (Å²) >= 11 is 0. The first-order valence-electron chi connectivity index (χ1n) is 10.6. The summed E-state index contributed by atoms with van der Waals surface area (Å²) in [6, 6.07) is 11.7. The van der Waals surface area contributed by atoms with Crippen LogP contribution in [-0.2, 0) is 27.3 Å². The van der Waals surface area contributed by atoms with Crippen LogP contribution in [0.3, 0.4) is 0 Å². The summed E-state index contributed by atoms with van der Waals surface area (Å²) in [7, 11) is 3.10. The van der Waals surface area contributed by atoms with Gasteiger partial charge in [-0.2, -0.15) is 0 Å². The lowest BCUT2D eigenvalue weighted by atomic mass is 10.1. The average molecular weight is 455 g/mol. The number of ether oxygens (including phenoxy) is 4. The molecule has 0 aliphatic carbocycles. The molecule has 0 amide bonds. The second kappa shape index (κ2) is 9.95. The van der Waals surface area contributed by atoms with Crippen LogP contribution in [-0.4, -0.2) is 42.5 Å². The minimum absolute atomic E-state index is 0.0133. The Morgan fingerprint density at radius 2 is 1.76 bits per heavy atom. The third-order valence-corrected chi connectivity index (χ3v) is 4.99. The van der Waals surface area contributed by atoms with Gasteiger partial charge in [0.05, 0.1) is 19.7 Å². The second-order valence-corrected chi connectivity index (χ2v) is 8.62. The monoisotopic (exact) mass is 454 g/mol. The number of rotatable bonds is 7. The topological polar surface area (TPSA) is 102 Å². The first kappa shape index (κ1) is 24.1. The van der Waals surface area contributed by atoms with Crippen molar-refractivity contribution in [1.82, 2.24) is 4.57 Å². The molecular formula is C25H30N2O6. The van der Waals surface area contributed by atoms with Crippen molar-refractivity contribution in [3.63, 3.8) is 0 Å². The molecule has 0 unspecified atom stereocenters. The number of hydrogen-bond donors (Lipinski definition) is 1. The van der Waals surface area contributed by atoms with Crippen molar-refractivity contribution >= 4 is 23.0 Å². The zero-order valence-electron chi connectivity index (χ0n) is 19.6. The molecule has 0 aliphatic heterocycles. The van der Waals surface area contributed by atoms with E-state index in [1.807, 2.05) is 24.3 Å². The number of aromatic nitrogens is 1. The Morgan fingerprint density at radius 1 is 1.03 bits per heavy atom. The third-order valence-electron chi connectivity index (χ3n) is 4.99. The van der Waals surface area contributed by atoms with Gasteiger partial charge in [-0.3, -0.25) is 9.36 Å². The molecule has 2 aromatic carbocycles. The molecule has 8 nitrogen and oxygen atoms in total. The van der Waals surface area contributed by atoms with E-state index in [1.165, 1.54) is 11.7 Å². The van der Waals surface area contributed by atoms with Gasteiger partial charge in [0.15, 0.2) is 0 Å². The normalized spacial score (nSPS) is 12.3. The fraction of sp³-hybridized carbons (Fsp3) is 0.360. The number of nitrogens with zero attached hydrogens (tertiary/aromatic N) is 1. The van der Waals surface area contributed by atoms with Crippen molar-refractivity contribution in [2.45, 2.75) is 45.4 Å². The number of fused-ring (bicyclic) bond motifs is 1. The van der Waals surface area contributed by atoms with Gasteiger partial charge in [0.25, 0.3) is 0 Å². The summed E-state index contributed by atoms with van der Waals surface area (Å²) in [4.78, 5) is 25.3. The predicted octanol–water partition coefficient (Wildman–Crippen LogP) is 4.05. The third kappa shape index (κ3) is 5.84. The zero-order chi connectivity index (χ0) is 24.2. The highest BCUT2D eigenvalue weighted by Crippen LogP contribution is 2.26. The maximum atomic E-state index is 12.7. The Balaban J connectivity index is 1.73. The second-order valence-electron chi connectivity index (χ2n) is 8.62. The number of carbonyl (C=O) groups is 2. The van der Waals surface area contributed by atoms with Crippen molar-refractivity contribution in [1.29, 1.82) is 0 Å². The molecule has 3 aromatic rings. The number of methoxy groups -OCH3 is 2. The van der Waals surface area contributed by atoms with Crippen LogP contribution in [0.2, 0.25) is 0 Å². The molecule has 0 radical (unpaired) electrons. The number of hydrogen-bond acceptors (Lipinski definition) is 7. The van der Waals surface area contributed by atoms with Crippen molar-refractivity contribution in [3.8, 4) is 11.5 Å². The molecule has 0 saturated carbocycles. The van der Waals surface area contributed by atoms with Gasteiger partial charge in [-0.05, 0) is 44.5 Å². The number of nitrogens with two attached hydrogens (primary N) is 1. The molecule has 33 heavy (non-hydrogen) atoms. The summed E-state index contributed by atoms with van der Waals surface area (Å²) in [5.41, 5.74) is 7.66. The Morgan fingerprint density at radius 3 is 2.42 bits per heavy atom. The minimum atomic E-state index is -0.910. The van der Waals surface area contributed by atoms with Gasteiger partial charge in [-0.15, -0.1) is 0 Å². The van der Waals surface area contributed by atoms with Gasteiger partial charge >= 0.3 is 12.1 Å².